The maximum Gasteiger partial charge on any atom is 0.264 e. The fraction of sp³-hybridized carbons (Fsp3) is 0.158. The van der Waals surface area contributed by atoms with E-state index in [9.17, 15) is 14.7 Å². The zero-order valence-electron chi connectivity index (χ0n) is 13.2. The molecule has 1 amide bonds. The van der Waals surface area contributed by atoms with Crippen LogP contribution in [0, 0.1) is 0 Å². The standard InChI is InChI=1S/C19H15Br2NO3/c1-2-8-22-16-7-6-14(21)10-15(16)19(25,18(22)24)11-17(23)12-4-3-5-13(20)9-12/h2-7,9-10,25H,1,8,11H2/t19-/m1/s1. The van der Waals surface area contributed by atoms with Crippen LogP contribution >= 0.6 is 31.9 Å². The Morgan fingerprint density at radius 2 is 1.92 bits per heavy atom. The van der Waals surface area contributed by atoms with Crippen LogP contribution < -0.4 is 4.90 Å². The molecular weight excluding hydrogens is 450 g/mol. The first-order chi connectivity index (χ1) is 11.9. The second-order valence-electron chi connectivity index (χ2n) is 5.84. The summed E-state index contributed by atoms with van der Waals surface area (Å²) < 4.78 is 1.49. The number of rotatable bonds is 5. The third-order valence-electron chi connectivity index (χ3n) is 4.17. The van der Waals surface area contributed by atoms with Crippen molar-refractivity contribution in [1.29, 1.82) is 0 Å². The molecule has 0 saturated heterocycles. The van der Waals surface area contributed by atoms with Crippen molar-refractivity contribution in [2.45, 2.75) is 12.0 Å². The zero-order valence-corrected chi connectivity index (χ0v) is 16.4. The molecule has 25 heavy (non-hydrogen) atoms. The van der Waals surface area contributed by atoms with Gasteiger partial charge in [0.25, 0.3) is 5.91 Å². The van der Waals surface area contributed by atoms with Crippen molar-refractivity contribution in [3.8, 4) is 0 Å². The molecule has 0 unspecified atom stereocenters. The Balaban J connectivity index is 2.02. The number of hydrogen-bond donors (Lipinski definition) is 1. The molecule has 1 atom stereocenters. The monoisotopic (exact) mass is 463 g/mol. The molecule has 2 aromatic rings. The molecule has 0 aromatic heterocycles. The molecule has 0 spiro atoms. The van der Waals surface area contributed by atoms with Crippen molar-refractivity contribution in [2.24, 2.45) is 0 Å². The molecule has 1 aliphatic heterocycles. The van der Waals surface area contributed by atoms with E-state index in [0.29, 0.717) is 16.8 Å². The number of aliphatic hydroxyl groups is 1. The van der Waals surface area contributed by atoms with Crippen LogP contribution in [0.5, 0.6) is 0 Å². The third kappa shape index (κ3) is 3.21. The zero-order chi connectivity index (χ0) is 18.2. The molecule has 0 saturated carbocycles. The summed E-state index contributed by atoms with van der Waals surface area (Å²) in [6.07, 6.45) is 1.27. The summed E-state index contributed by atoms with van der Waals surface area (Å²) in [6, 6.07) is 12.1. The van der Waals surface area contributed by atoms with E-state index in [1.807, 2.05) is 6.07 Å². The fourth-order valence-electron chi connectivity index (χ4n) is 3.00. The van der Waals surface area contributed by atoms with Crippen molar-refractivity contribution in [1.82, 2.24) is 0 Å². The van der Waals surface area contributed by atoms with Gasteiger partial charge in [-0.05, 0) is 30.3 Å². The van der Waals surface area contributed by atoms with Crippen LogP contribution in [0.25, 0.3) is 0 Å². The van der Waals surface area contributed by atoms with Gasteiger partial charge in [0, 0.05) is 26.6 Å². The van der Waals surface area contributed by atoms with Gasteiger partial charge in [-0.15, -0.1) is 6.58 Å². The van der Waals surface area contributed by atoms with E-state index in [2.05, 4.69) is 38.4 Å². The van der Waals surface area contributed by atoms with Gasteiger partial charge in [-0.3, -0.25) is 9.59 Å². The number of hydrogen-bond acceptors (Lipinski definition) is 3. The highest BCUT2D eigenvalue weighted by Gasteiger charge is 2.50. The first-order valence-corrected chi connectivity index (χ1v) is 9.19. The summed E-state index contributed by atoms with van der Waals surface area (Å²) in [5.41, 5.74) is -0.425. The molecule has 0 radical (unpaired) electrons. The van der Waals surface area contributed by atoms with E-state index in [0.717, 1.165) is 8.95 Å². The summed E-state index contributed by atoms with van der Waals surface area (Å²) in [7, 11) is 0. The number of carbonyl (C=O) groups excluding carboxylic acids is 2. The highest BCUT2D eigenvalue weighted by atomic mass is 79.9. The van der Waals surface area contributed by atoms with Gasteiger partial charge < -0.3 is 10.0 Å². The number of carbonyl (C=O) groups is 2. The van der Waals surface area contributed by atoms with Gasteiger partial charge in [-0.2, -0.15) is 0 Å². The van der Waals surface area contributed by atoms with Gasteiger partial charge in [-0.1, -0.05) is 50.1 Å². The molecule has 1 heterocycles. The maximum atomic E-state index is 12.9. The topological polar surface area (TPSA) is 57.6 Å². The Labute approximate surface area is 162 Å². The first-order valence-electron chi connectivity index (χ1n) is 7.61. The van der Waals surface area contributed by atoms with Gasteiger partial charge >= 0.3 is 0 Å². The van der Waals surface area contributed by atoms with Crippen LogP contribution in [0.1, 0.15) is 22.3 Å². The second-order valence-corrected chi connectivity index (χ2v) is 7.67. The van der Waals surface area contributed by atoms with Crippen LogP contribution in [0.4, 0.5) is 5.69 Å². The lowest BCUT2D eigenvalue weighted by atomic mass is 9.88. The van der Waals surface area contributed by atoms with Crippen LogP contribution in [-0.4, -0.2) is 23.3 Å². The Morgan fingerprint density at radius 3 is 2.60 bits per heavy atom. The number of anilines is 1. The molecule has 3 rings (SSSR count). The van der Waals surface area contributed by atoms with Gasteiger partial charge in [0.2, 0.25) is 0 Å². The Kier molecular flexibility index (Phi) is 4.95. The van der Waals surface area contributed by atoms with E-state index in [1.165, 1.54) is 4.90 Å². The molecule has 6 heteroatoms. The van der Waals surface area contributed by atoms with Gasteiger partial charge in [-0.25, -0.2) is 0 Å². The molecule has 0 fully saturated rings. The lowest BCUT2D eigenvalue weighted by Crippen LogP contribution is -2.41. The minimum atomic E-state index is -1.89. The van der Waals surface area contributed by atoms with Crippen molar-refractivity contribution >= 4 is 49.2 Å². The highest BCUT2D eigenvalue weighted by Crippen LogP contribution is 2.44. The molecule has 1 N–H and O–H groups in total. The summed E-state index contributed by atoms with van der Waals surface area (Å²) in [4.78, 5) is 27.0. The number of benzene rings is 2. The molecule has 4 nitrogen and oxygen atoms in total. The van der Waals surface area contributed by atoms with E-state index in [4.69, 9.17) is 0 Å². The Morgan fingerprint density at radius 1 is 1.20 bits per heavy atom. The fourth-order valence-corrected chi connectivity index (χ4v) is 3.76. The number of Topliss-reactive ketones (excluding diaryl/α,β-unsaturated/α-hetero) is 1. The minimum Gasteiger partial charge on any atom is -0.375 e. The smallest absolute Gasteiger partial charge is 0.264 e. The quantitative estimate of drug-likeness (QED) is 0.532. The molecule has 0 bridgehead atoms. The van der Waals surface area contributed by atoms with Crippen LogP contribution in [0.15, 0.2) is 64.1 Å². The lowest BCUT2D eigenvalue weighted by molar-refractivity contribution is -0.135. The number of amides is 1. The molecule has 0 aliphatic carbocycles. The highest BCUT2D eigenvalue weighted by molar-refractivity contribution is 9.10. The lowest BCUT2D eigenvalue weighted by Gasteiger charge is -2.22. The van der Waals surface area contributed by atoms with Crippen LogP contribution in [0.3, 0.4) is 0 Å². The van der Waals surface area contributed by atoms with Crippen LogP contribution in [0.2, 0.25) is 0 Å². The molecular formula is C19H15Br2NO3. The molecule has 128 valence electrons. The summed E-state index contributed by atoms with van der Waals surface area (Å²) in [5, 5.41) is 11.2. The minimum absolute atomic E-state index is 0.265. The van der Waals surface area contributed by atoms with E-state index < -0.39 is 11.5 Å². The number of halogens is 2. The predicted octanol–water partition coefficient (Wildman–Crippen LogP) is 4.20. The Hall–Kier alpha value is -1.76. The second kappa shape index (κ2) is 6.86. The van der Waals surface area contributed by atoms with Crippen LogP contribution in [-0.2, 0) is 10.4 Å². The molecule has 1 aliphatic rings. The number of fused-ring (bicyclic) bond motifs is 1. The van der Waals surface area contributed by atoms with Gasteiger partial charge in [0.15, 0.2) is 11.4 Å². The number of nitrogens with zero attached hydrogens (tertiary/aromatic N) is 1. The largest absolute Gasteiger partial charge is 0.375 e. The van der Waals surface area contributed by atoms with Crippen molar-refractivity contribution in [3.05, 3.63) is 75.2 Å². The first kappa shape index (κ1) is 18.0. The Bertz CT molecular complexity index is 881. The average Bonchev–Trinajstić information content (AvgIpc) is 2.77. The summed E-state index contributed by atoms with van der Waals surface area (Å²) in [6.45, 7) is 3.92. The predicted molar refractivity (Wildman–Crippen MR) is 104 cm³/mol. The van der Waals surface area contributed by atoms with E-state index in [-0.39, 0.29) is 18.7 Å². The maximum absolute atomic E-state index is 12.9. The van der Waals surface area contributed by atoms with Gasteiger partial charge in [0.05, 0.1) is 12.1 Å². The van der Waals surface area contributed by atoms with E-state index in [1.54, 1.807) is 42.5 Å². The third-order valence-corrected chi connectivity index (χ3v) is 5.16. The van der Waals surface area contributed by atoms with Crippen molar-refractivity contribution < 1.29 is 14.7 Å². The number of ketones is 1. The normalized spacial score (nSPS) is 19.0. The van der Waals surface area contributed by atoms with Crippen molar-refractivity contribution in [2.75, 3.05) is 11.4 Å². The van der Waals surface area contributed by atoms with Crippen molar-refractivity contribution in [3.63, 3.8) is 0 Å². The van der Waals surface area contributed by atoms with E-state index >= 15 is 0 Å². The molecule has 2 aromatic carbocycles. The summed E-state index contributed by atoms with van der Waals surface area (Å²) >= 11 is 6.69. The average molecular weight is 465 g/mol. The summed E-state index contributed by atoms with van der Waals surface area (Å²) in [5.74, 6) is -0.813. The van der Waals surface area contributed by atoms with Gasteiger partial charge in [0.1, 0.15) is 0 Å². The SMILES string of the molecule is C=CCN1C(=O)[C@@](O)(CC(=O)c2cccc(Br)c2)c2cc(Br)ccc21.